The molecule has 1 aromatic rings. The Hall–Kier alpha value is -2.94. The fourth-order valence-electron chi connectivity index (χ4n) is 3.10. The van der Waals surface area contributed by atoms with Crippen LogP contribution in [0.25, 0.3) is 0 Å². The van der Waals surface area contributed by atoms with Gasteiger partial charge in [-0.25, -0.2) is 4.79 Å². The van der Waals surface area contributed by atoms with Crippen molar-refractivity contribution >= 4 is 23.9 Å². The van der Waals surface area contributed by atoms with Crippen LogP contribution in [0, 0.1) is 11.3 Å². The van der Waals surface area contributed by atoms with E-state index in [2.05, 4.69) is 12.2 Å². The van der Waals surface area contributed by atoms with E-state index in [1.165, 1.54) is 5.56 Å². The summed E-state index contributed by atoms with van der Waals surface area (Å²) in [6.07, 6.45) is 3.65. The first-order valence-corrected chi connectivity index (χ1v) is 10.6. The van der Waals surface area contributed by atoms with E-state index < -0.39 is 29.9 Å². The van der Waals surface area contributed by atoms with Gasteiger partial charge >= 0.3 is 17.9 Å². The van der Waals surface area contributed by atoms with Gasteiger partial charge in [0, 0.05) is 13.0 Å². The van der Waals surface area contributed by atoms with E-state index in [4.69, 9.17) is 26.7 Å². The zero-order valence-corrected chi connectivity index (χ0v) is 18.1. The second kappa shape index (κ2) is 14.1. The molecule has 0 radical (unpaired) electrons. The summed E-state index contributed by atoms with van der Waals surface area (Å²) in [5.41, 5.74) is 13.2. The highest BCUT2D eigenvalue weighted by Crippen LogP contribution is 2.18. The molecule has 0 aliphatic carbocycles. The highest BCUT2D eigenvalue weighted by Gasteiger charge is 2.26. The Labute approximate surface area is 183 Å². The number of carbonyl (C=O) groups excluding carboxylic acids is 2. The molecule has 7 N–H and O–H groups in total. The van der Waals surface area contributed by atoms with Crippen molar-refractivity contribution in [2.45, 2.75) is 64.3 Å². The van der Waals surface area contributed by atoms with E-state index in [-0.39, 0.29) is 25.2 Å². The number of guanidine groups is 1. The molecular weight excluding hydrogens is 400 g/mol. The number of rotatable bonds is 14. The molecule has 0 unspecified atom stereocenters. The number of aliphatic carboxylic acids is 1. The van der Waals surface area contributed by atoms with Crippen molar-refractivity contribution < 1.29 is 24.2 Å². The molecule has 0 heterocycles. The van der Waals surface area contributed by atoms with Crippen LogP contribution in [0.1, 0.15) is 56.6 Å². The number of aryl methyl sites for hydroxylation is 2. The SMILES string of the molecule is CCCc1ccc(CC[C@H](CCC(=O)O)C(=O)OC(=O)[C@@H](N)CCCNC(=N)N)cc1. The van der Waals surface area contributed by atoms with Crippen LogP contribution < -0.4 is 16.8 Å². The number of carbonyl (C=O) groups is 3. The van der Waals surface area contributed by atoms with Gasteiger partial charge in [-0.3, -0.25) is 15.0 Å². The molecule has 0 bridgehead atoms. The smallest absolute Gasteiger partial charge is 0.330 e. The van der Waals surface area contributed by atoms with Crippen molar-refractivity contribution in [3.05, 3.63) is 35.4 Å². The lowest BCUT2D eigenvalue weighted by molar-refractivity contribution is -0.164. The molecule has 0 saturated heterocycles. The van der Waals surface area contributed by atoms with Crippen molar-refractivity contribution in [3.63, 3.8) is 0 Å². The summed E-state index contributed by atoms with van der Waals surface area (Å²) < 4.78 is 4.94. The minimum absolute atomic E-state index is 0.0904. The van der Waals surface area contributed by atoms with Crippen molar-refractivity contribution in [2.75, 3.05) is 6.54 Å². The fraction of sp³-hybridized carbons (Fsp3) is 0.545. The molecule has 2 atom stereocenters. The molecule has 31 heavy (non-hydrogen) atoms. The average molecular weight is 435 g/mol. The molecule has 0 aliphatic heterocycles. The number of hydrogen-bond acceptors (Lipinski definition) is 6. The highest BCUT2D eigenvalue weighted by molar-refractivity contribution is 5.89. The van der Waals surface area contributed by atoms with Crippen LogP contribution in [-0.4, -0.2) is 41.6 Å². The minimum Gasteiger partial charge on any atom is -0.481 e. The maximum absolute atomic E-state index is 12.5. The van der Waals surface area contributed by atoms with Crippen molar-refractivity contribution in [1.29, 1.82) is 5.41 Å². The zero-order valence-electron chi connectivity index (χ0n) is 18.1. The predicted octanol–water partition coefficient (Wildman–Crippen LogP) is 1.71. The molecular formula is C22H34N4O5. The third kappa shape index (κ3) is 11.1. The van der Waals surface area contributed by atoms with Crippen LogP contribution in [0.3, 0.4) is 0 Å². The van der Waals surface area contributed by atoms with E-state index in [0.29, 0.717) is 25.8 Å². The highest BCUT2D eigenvalue weighted by atomic mass is 16.6. The average Bonchev–Trinajstić information content (AvgIpc) is 2.71. The van der Waals surface area contributed by atoms with Crippen LogP contribution in [0.5, 0.6) is 0 Å². The van der Waals surface area contributed by atoms with Gasteiger partial charge in [-0.2, -0.15) is 0 Å². The van der Waals surface area contributed by atoms with E-state index in [1.54, 1.807) is 0 Å². The van der Waals surface area contributed by atoms with E-state index in [9.17, 15) is 14.4 Å². The Balaban J connectivity index is 2.60. The largest absolute Gasteiger partial charge is 0.481 e. The molecule has 1 aromatic carbocycles. The summed E-state index contributed by atoms with van der Waals surface area (Å²) in [5.74, 6) is -3.47. The first-order chi connectivity index (χ1) is 14.7. The van der Waals surface area contributed by atoms with E-state index >= 15 is 0 Å². The Morgan fingerprint density at radius 2 is 1.68 bits per heavy atom. The van der Waals surface area contributed by atoms with Gasteiger partial charge in [0.15, 0.2) is 5.96 Å². The number of hydrogen-bond donors (Lipinski definition) is 5. The number of esters is 2. The Morgan fingerprint density at radius 1 is 1.06 bits per heavy atom. The number of benzene rings is 1. The Bertz CT molecular complexity index is 736. The quantitative estimate of drug-likeness (QED) is 0.0969. The van der Waals surface area contributed by atoms with Crippen molar-refractivity contribution in [3.8, 4) is 0 Å². The molecule has 9 nitrogen and oxygen atoms in total. The van der Waals surface area contributed by atoms with Gasteiger partial charge in [-0.1, -0.05) is 37.6 Å². The van der Waals surface area contributed by atoms with E-state index in [1.807, 2.05) is 24.3 Å². The molecule has 1 rings (SSSR count). The second-order valence-electron chi connectivity index (χ2n) is 7.56. The predicted molar refractivity (Wildman–Crippen MR) is 117 cm³/mol. The molecule has 0 aromatic heterocycles. The lowest BCUT2D eigenvalue weighted by Gasteiger charge is -2.16. The number of ether oxygens (including phenoxy) is 1. The van der Waals surface area contributed by atoms with Crippen LogP contribution >= 0.6 is 0 Å². The standard InChI is InChI=1S/C22H34N4O5/c1-2-4-15-6-8-16(9-7-15)10-11-17(12-13-19(27)28)20(29)31-21(30)18(23)5-3-14-26-22(24)25/h6-9,17-18H,2-5,10-14,23H2,1H3,(H,27,28)(H4,24,25,26)/t17-,18+/m1/s1. The summed E-state index contributed by atoms with van der Waals surface area (Å²) in [7, 11) is 0. The topological polar surface area (TPSA) is 169 Å². The Morgan fingerprint density at radius 3 is 2.23 bits per heavy atom. The van der Waals surface area contributed by atoms with Crippen LogP contribution in [-0.2, 0) is 32.0 Å². The minimum atomic E-state index is -1.01. The lowest BCUT2D eigenvalue weighted by Crippen LogP contribution is -2.37. The normalized spacial score (nSPS) is 12.6. The molecule has 0 spiro atoms. The maximum Gasteiger partial charge on any atom is 0.330 e. The number of carboxylic acids is 1. The van der Waals surface area contributed by atoms with Gasteiger partial charge < -0.3 is 26.6 Å². The molecule has 0 saturated carbocycles. The van der Waals surface area contributed by atoms with Gasteiger partial charge in [-0.05, 0) is 49.7 Å². The third-order valence-corrected chi connectivity index (χ3v) is 4.89. The summed E-state index contributed by atoms with van der Waals surface area (Å²) in [6, 6.07) is 7.12. The molecule has 172 valence electrons. The van der Waals surface area contributed by atoms with Gasteiger partial charge in [0.2, 0.25) is 0 Å². The summed E-state index contributed by atoms with van der Waals surface area (Å²) in [4.78, 5) is 35.6. The van der Waals surface area contributed by atoms with Crippen LogP contribution in [0.2, 0.25) is 0 Å². The van der Waals surface area contributed by atoms with Gasteiger partial charge in [0.1, 0.15) is 6.04 Å². The number of nitrogens with one attached hydrogen (secondary N) is 2. The third-order valence-electron chi connectivity index (χ3n) is 4.89. The summed E-state index contributed by atoms with van der Waals surface area (Å²) >= 11 is 0. The fourth-order valence-corrected chi connectivity index (χ4v) is 3.10. The van der Waals surface area contributed by atoms with Gasteiger partial charge in [0.25, 0.3) is 0 Å². The first-order valence-electron chi connectivity index (χ1n) is 10.6. The first kappa shape index (κ1) is 26.1. The lowest BCUT2D eigenvalue weighted by atomic mass is 9.94. The number of nitrogens with two attached hydrogens (primary N) is 2. The molecule has 0 fully saturated rings. The van der Waals surface area contributed by atoms with E-state index in [0.717, 1.165) is 18.4 Å². The number of carboxylic acid groups (broad SMARTS) is 1. The summed E-state index contributed by atoms with van der Waals surface area (Å²) in [6.45, 7) is 2.49. The molecule has 0 aliphatic rings. The maximum atomic E-state index is 12.5. The summed E-state index contributed by atoms with van der Waals surface area (Å²) in [5, 5.41) is 18.6. The van der Waals surface area contributed by atoms with Crippen LogP contribution in [0.4, 0.5) is 0 Å². The van der Waals surface area contributed by atoms with Crippen molar-refractivity contribution in [1.82, 2.24) is 5.32 Å². The molecule has 9 heteroatoms. The van der Waals surface area contributed by atoms with Crippen LogP contribution in [0.15, 0.2) is 24.3 Å². The van der Waals surface area contributed by atoms with Gasteiger partial charge in [-0.15, -0.1) is 0 Å². The van der Waals surface area contributed by atoms with Gasteiger partial charge in [0.05, 0.1) is 5.92 Å². The monoisotopic (exact) mass is 434 g/mol. The molecule has 0 amide bonds. The zero-order chi connectivity index (χ0) is 23.2. The Kier molecular flexibility index (Phi) is 11.9. The van der Waals surface area contributed by atoms with Crippen molar-refractivity contribution in [2.24, 2.45) is 17.4 Å². The second-order valence-corrected chi connectivity index (χ2v) is 7.56.